The number of carbonyl (C=O) groups is 2. The summed E-state index contributed by atoms with van der Waals surface area (Å²) in [7, 11) is -9.89. The molecule has 42 heavy (non-hydrogen) atoms. The van der Waals surface area contributed by atoms with E-state index in [1.807, 2.05) is 0 Å². The maximum Gasteiger partial charge on any atom is 0.247 e. The number of benzene rings is 2. The second kappa shape index (κ2) is 12.5. The molecule has 0 radical (unpaired) electrons. The van der Waals surface area contributed by atoms with Gasteiger partial charge in [-0.3, -0.25) is 9.59 Å². The molecule has 0 saturated carbocycles. The van der Waals surface area contributed by atoms with E-state index in [1.54, 1.807) is 0 Å². The second-order valence-corrected chi connectivity index (χ2v) is 15.7. The molecule has 1 aliphatic rings. The van der Waals surface area contributed by atoms with Gasteiger partial charge in [0.1, 0.15) is 21.3 Å². The number of amides is 2. The molecule has 232 valence electrons. The van der Waals surface area contributed by atoms with E-state index in [0.29, 0.717) is 0 Å². The van der Waals surface area contributed by atoms with E-state index < -0.39 is 66.1 Å². The van der Waals surface area contributed by atoms with Crippen molar-refractivity contribution < 1.29 is 44.3 Å². The quantitative estimate of drug-likeness (QED) is 0.301. The molecule has 0 unspecified atom stereocenters. The zero-order chi connectivity index (χ0) is 31.5. The molecule has 1 saturated heterocycles. The summed E-state index contributed by atoms with van der Waals surface area (Å²) in [5, 5.41) is 4.99. The third kappa shape index (κ3) is 7.57. The molecule has 3 rings (SSSR count). The Labute approximate surface area is 245 Å². The third-order valence-corrected chi connectivity index (χ3v) is 12.0. The summed E-state index contributed by atoms with van der Waals surface area (Å²) in [5.74, 6) is -1.67. The van der Waals surface area contributed by atoms with E-state index in [0.717, 1.165) is 4.31 Å². The first-order valence-corrected chi connectivity index (χ1v) is 17.3. The van der Waals surface area contributed by atoms with Crippen molar-refractivity contribution in [2.24, 2.45) is 0 Å². The number of nitrogens with one attached hydrogen (secondary N) is 3. The van der Waals surface area contributed by atoms with Crippen molar-refractivity contribution in [3.63, 3.8) is 0 Å². The number of hydrogen-bond acceptors (Lipinski definition) is 10. The van der Waals surface area contributed by atoms with Crippen molar-refractivity contribution in [1.29, 1.82) is 0 Å². The van der Waals surface area contributed by atoms with Gasteiger partial charge in [-0.05, 0) is 49.7 Å². The first-order valence-electron chi connectivity index (χ1n) is 12.6. The van der Waals surface area contributed by atoms with Crippen LogP contribution in [-0.4, -0.2) is 85.7 Å². The summed E-state index contributed by atoms with van der Waals surface area (Å²) in [6, 6.07) is 7.99. The van der Waals surface area contributed by atoms with Gasteiger partial charge in [0, 0.05) is 43.9 Å². The monoisotopic (exact) mass is 646 g/mol. The van der Waals surface area contributed by atoms with Crippen molar-refractivity contribution in [1.82, 2.24) is 9.03 Å². The van der Waals surface area contributed by atoms with Crippen molar-refractivity contribution in [2.75, 3.05) is 49.4 Å². The lowest BCUT2D eigenvalue weighted by Gasteiger charge is -2.36. The SMILES string of the molecule is COc1ccc(NC(C)=O)cc1S(=O)(=O)NCCN([C@@]1(C)CCS(=O)(=O)C1)S(=O)(=O)c1cc(NC(C)=O)ccc1OC. The van der Waals surface area contributed by atoms with Gasteiger partial charge < -0.3 is 20.1 Å². The second-order valence-electron chi connectivity index (χ2n) is 9.91. The molecule has 1 atom stereocenters. The van der Waals surface area contributed by atoms with Crippen molar-refractivity contribution >= 4 is 53.1 Å². The molecule has 3 N–H and O–H groups in total. The number of rotatable bonds is 12. The normalized spacial score (nSPS) is 18.4. The van der Waals surface area contributed by atoms with Crippen LogP contribution in [0.1, 0.15) is 27.2 Å². The van der Waals surface area contributed by atoms with E-state index in [1.165, 1.54) is 71.4 Å². The molecule has 17 heteroatoms. The number of anilines is 2. The summed E-state index contributed by atoms with van der Waals surface area (Å²) in [6.45, 7) is 3.10. The van der Waals surface area contributed by atoms with Crippen LogP contribution in [0.15, 0.2) is 46.2 Å². The highest BCUT2D eigenvalue weighted by molar-refractivity contribution is 7.92. The largest absolute Gasteiger partial charge is 0.495 e. The van der Waals surface area contributed by atoms with Crippen molar-refractivity contribution in [2.45, 2.75) is 42.5 Å². The average Bonchev–Trinajstić information content (AvgIpc) is 3.18. The molecule has 0 aromatic heterocycles. The third-order valence-electron chi connectivity index (χ3n) is 6.52. The van der Waals surface area contributed by atoms with Gasteiger partial charge in [0.15, 0.2) is 9.84 Å². The van der Waals surface area contributed by atoms with Crippen LogP contribution in [0.3, 0.4) is 0 Å². The van der Waals surface area contributed by atoms with Gasteiger partial charge in [-0.2, -0.15) is 4.31 Å². The molecule has 2 aromatic rings. The van der Waals surface area contributed by atoms with E-state index >= 15 is 0 Å². The number of sulfone groups is 1. The summed E-state index contributed by atoms with van der Waals surface area (Å²) < 4.78 is 93.5. The maximum absolute atomic E-state index is 14.1. The van der Waals surface area contributed by atoms with E-state index in [2.05, 4.69) is 15.4 Å². The Morgan fingerprint density at radius 2 is 1.40 bits per heavy atom. The van der Waals surface area contributed by atoms with Gasteiger partial charge in [0.2, 0.25) is 31.9 Å². The van der Waals surface area contributed by atoms with Crippen LogP contribution in [0.5, 0.6) is 11.5 Å². The Bertz CT molecular complexity index is 1690. The van der Waals surface area contributed by atoms with Crippen LogP contribution in [0.4, 0.5) is 11.4 Å². The highest BCUT2D eigenvalue weighted by Gasteiger charge is 2.48. The van der Waals surface area contributed by atoms with E-state index in [-0.39, 0.29) is 44.8 Å². The Morgan fingerprint density at radius 1 is 0.905 bits per heavy atom. The van der Waals surface area contributed by atoms with Crippen molar-refractivity contribution in [3.05, 3.63) is 36.4 Å². The van der Waals surface area contributed by atoms with E-state index in [9.17, 15) is 34.8 Å². The minimum absolute atomic E-state index is 0.0190. The van der Waals surface area contributed by atoms with Crippen LogP contribution < -0.4 is 24.8 Å². The van der Waals surface area contributed by atoms with Gasteiger partial charge in [-0.1, -0.05) is 0 Å². The van der Waals surface area contributed by atoms with Gasteiger partial charge in [0.05, 0.1) is 25.7 Å². The highest BCUT2D eigenvalue weighted by Crippen LogP contribution is 2.37. The number of ether oxygens (including phenoxy) is 2. The standard InChI is InChI=1S/C25H34N4O10S3/c1-17(30)27-19-6-8-21(38-4)23(14-19)41(34,35)26-11-12-29(25(3)10-13-40(32,33)16-25)42(36,37)24-15-20(28-18(2)31)7-9-22(24)39-5/h6-9,14-15,26H,10-13,16H2,1-5H3,(H,27,30)(H,28,31)/t25-/m0/s1. The van der Waals surface area contributed by atoms with Crippen LogP contribution in [0, 0.1) is 0 Å². The van der Waals surface area contributed by atoms with E-state index in [4.69, 9.17) is 9.47 Å². The topological polar surface area (TPSA) is 194 Å². The zero-order valence-electron chi connectivity index (χ0n) is 23.8. The van der Waals surface area contributed by atoms with Crippen molar-refractivity contribution in [3.8, 4) is 11.5 Å². The lowest BCUT2D eigenvalue weighted by atomic mass is 10.0. The van der Waals surface area contributed by atoms with Crippen LogP contribution in [0.25, 0.3) is 0 Å². The van der Waals surface area contributed by atoms with Crippen LogP contribution in [0.2, 0.25) is 0 Å². The smallest absolute Gasteiger partial charge is 0.247 e. The molecule has 2 aromatic carbocycles. The average molecular weight is 647 g/mol. The number of carbonyl (C=O) groups excluding carboxylic acids is 2. The molecule has 0 aliphatic carbocycles. The molecule has 0 spiro atoms. The molecule has 1 heterocycles. The van der Waals surface area contributed by atoms with Crippen LogP contribution in [-0.2, 0) is 39.5 Å². The molecular weight excluding hydrogens is 612 g/mol. The lowest BCUT2D eigenvalue weighted by molar-refractivity contribution is -0.115. The molecule has 14 nitrogen and oxygen atoms in total. The molecule has 1 fully saturated rings. The first-order chi connectivity index (χ1) is 19.4. The summed E-state index contributed by atoms with van der Waals surface area (Å²) in [6.07, 6.45) is -0.0262. The van der Waals surface area contributed by atoms with Crippen LogP contribution >= 0.6 is 0 Å². The van der Waals surface area contributed by atoms with Gasteiger partial charge in [-0.15, -0.1) is 0 Å². The van der Waals surface area contributed by atoms with Gasteiger partial charge in [-0.25, -0.2) is 30.0 Å². The summed E-state index contributed by atoms with van der Waals surface area (Å²) in [4.78, 5) is 22.4. The predicted octanol–water partition coefficient (Wildman–Crippen LogP) is 1.17. The Kier molecular flexibility index (Phi) is 9.93. The lowest BCUT2D eigenvalue weighted by Crippen LogP contribution is -2.53. The number of nitrogens with zero attached hydrogens (tertiary/aromatic N) is 1. The highest BCUT2D eigenvalue weighted by atomic mass is 32.2. The number of hydrogen-bond donors (Lipinski definition) is 3. The maximum atomic E-state index is 14.1. The fourth-order valence-corrected chi connectivity index (χ4v) is 10.1. The molecule has 2 amide bonds. The molecule has 0 bridgehead atoms. The first kappa shape index (κ1) is 33.3. The summed E-state index contributed by atoms with van der Waals surface area (Å²) in [5.41, 5.74) is -1.05. The minimum Gasteiger partial charge on any atom is -0.495 e. The Hall–Kier alpha value is -3.25. The Morgan fingerprint density at radius 3 is 1.86 bits per heavy atom. The molecule has 1 aliphatic heterocycles. The van der Waals surface area contributed by atoms with Gasteiger partial charge >= 0.3 is 0 Å². The minimum atomic E-state index is -4.52. The fourth-order valence-electron chi connectivity index (χ4n) is 4.68. The molecular formula is C25H34N4O10S3. The predicted molar refractivity (Wildman–Crippen MR) is 155 cm³/mol. The van der Waals surface area contributed by atoms with Gasteiger partial charge in [0.25, 0.3) is 0 Å². The number of sulfonamides is 2. The Balaban J connectivity index is 2.01. The zero-order valence-corrected chi connectivity index (χ0v) is 26.2. The summed E-state index contributed by atoms with van der Waals surface area (Å²) >= 11 is 0. The fraction of sp³-hybridized carbons (Fsp3) is 0.440. The number of methoxy groups -OCH3 is 2.